The summed E-state index contributed by atoms with van der Waals surface area (Å²) in [6.45, 7) is 0.656. The van der Waals surface area contributed by atoms with Gasteiger partial charge >= 0.3 is 0 Å². The van der Waals surface area contributed by atoms with E-state index in [2.05, 4.69) is 22.0 Å². The molecule has 0 aromatic heterocycles. The fraction of sp³-hybridized carbons (Fsp3) is 0.647. The molecule has 0 amide bonds. The van der Waals surface area contributed by atoms with E-state index in [4.69, 9.17) is 5.73 Å². The van der Waals surface area contributed by atoms with Gasteiger partial charge in [0.15, 0.2) is 0 Å². The first-order valence-electron chi connectivity index (χ1n) is 7.92. The van der Waals surface area contributed by atoms with Crippen molar-refractivity contribution in [3.05, 3.63) is 27.2 Å². The van der Waals surface area contributed by atoms with Gasteiger partial charge in [0.2, 0.25) is 0 Å². The molecule has 3 heteroatoms. The first-order chi connectivity index (χ1) is 9.68. The van der Waals surface area contributed by atoms with E-state index >= 15 is 0 Å². The Morgan fingerprint density at radius 2 is 1.80 bits per heavy atom. The lowest BCUT2D eigenvalue weighted by atomic mass is 9.66. The largest absolute Gasteiger partial charge is 0.506 e. The van der Waals surface area contributed by atoms with Crippen LogP contribution < -0.4 is 5.73 Å². The molecule has 1 aromatic rings. The Morgan fingerprint density at radius 3 is 2.50 bits per heavy atom. The summed E-state index contributed by atoms with van der Waals surface area (Å²) in [4.78, 5) is 0. The quantitative estimate of drug-likeness (QED) is 0.849. The standard InChI is InChI=1S/C17H24BrNO/c18-14-10-12-6-2-3-7-13(12)15(16(14)20)17(11-19)8-4-1-5-9-17/h10,20H,1-9,11,19H2. The summed E-state index contributed by atoms with van der Waals surface area (Å²) in [7, 11) is 0. The second kappa shape index (κ2) is 5.69. The predicted octanol–water partition coefficient (Wildman–Crippen LogP) is 4.19. The summed E-state index contributed by atoms with van der Waals surface area (Å²) < 4.78 is 0.853. The van der Waals surface area contributed by atoms with Crippen molar-refractivity contribution >= 4 is 15.9 Å². The second-order valence-electron chi connectivity index (χ2n) is 6.47. The Morgan fingerprint density at radius 1 is 1.10 bits per heavy atom. The summed E-state index contributed by atoms with van der Waals surface area (Å²) in [5, 5.41) is 10.7. The van der Waals surface area contributed by atoms with Crippen LogP contribution in [0.2, 0.25) is 0 Å². The van der Waals surface area contributed by atoms with Crippen LogP contribution in [-0.4, -0.2) is 11.7 Å². The number of phenols is 1. The average Bonchev–Trinajstić information content (AvgIpc) is 2.49. The van der Waals surface area contributed by atoms with Crippen LogP contribution >= 0.6 is 15.9 Å². The van der Waals surface area contributed by atoms with Crippen molar-refractivity contribution in [2.24, 2.45) is 5.73 Å². The smallest absolute Gasteiger partial charge is 0.133 e. The number of aromatic hydroxyl groups is 1. The van der Waals surface area contributed by atoms with Gasteiger partial charge in [-0.25, -0.2) is 0 Å². The summed E-state index contributed by atoms with van der Waals surface area (Å²) in [5.74, 6) is 0.456. The van der Waals surface area contributed by atoms with Gasteiger partial charge in [0.05, 0.1) is 4.47 Å². The molecule has 0 saturated heterocycles. The van der Waals surface area contributed by atoms with Gasteiger partial charge in [-0.05, 0) is 71.6 Å². The van der Waals surface area contributed by atoms with E-state index in [-0.39, 0.29) is 5.41 Å². The highest BCUT2D eigenvalue weighted by atomic mass is 79.9. The van der Waals surface area contributed by atoms with Crippen LogP contribution in [0.5, 0.6) is 5.75 Å². The number of rotatable bonds is 2. The van der Waals surface area contributed by atoms with Crippen LogP contribution in [0.4, 0.5) is 0 Å². The van der Waals surface area contributed by atoms with E-state index in [0.717, 1.165) is 30.2 Å². The minimum atomic E-state index is 0.00748. The van der Waals surface area contributed by atoms with Crippen LogP contribution in [0.1, 0.15) is 61.6 Å². The first kappa shape index (κ1) is 14.4. The molecule has 1 fully saturated rings. The third-order valence-corrected chi connectivity index (χ3v) is 5.91. The van der Waals surface area contributed by atoms with Crippen molar-refractivity contribution in [2.45, 2.75) is 63.2 Å². The van der Waals surface area contributed by atoms with Gasteiger partial charge in [0.25, 0.3) is 0 Å². The van der Waals surface area contributed by atoms with Gasteiger partial charge in [-0.1, -0.05) is 19.3 Å². The molecule has 0 radical (unpaired) electrons. The van der Waals surface area contributed by atoms with Crippen LogP contribution in [0.15, 0.2) is 10.5 Å². The molecular weight excluding hydrogens is 314 g/mol. The summed E-state index contributed by atoms with van der Waals surface area (Å²) in [6.07, 6.45) is 10.8. The van der Waals surface area contributed by atoms with Crippen LogP contribution in [0.3, 0.4) is 0 Å². The van der Waals surface area contributed by atoms with Crippen molar-refractivity contribution in [1.29, 1.82) is 0 Å². The normalized spacial score (nSPS) is 21.5. The predicted molar refractivity (Wildman–Crippen MR) is 86.3 cm³/mol. The van der Waals surface area contributed by atoms with Gasteiger partial charge in [-0.3, -0.25) is 0 Å². The van der Waals surface area contributed by atoms with Gasteiger partial charge < -0.3 is 10.8 Å². The van der Waals surface area contributed by atoms with Crippen molar-refractivity contribution in [3.8, 4) is 5.75 Å². The molecule has 20 heavy (non-hydrogen) atoms. The zero-order valence-corrected chi connectivity index (χ0v) is 13.6. The average molecular weight is 338 g/mol. The Hall–Kier alpha value is -0.540. The number of nitrogens with two attached hydrogens (primary N) is 1. The zero-order chi connectivity index (χ0) is 14.2. The van der Waals surface area contributed by atoms with E-state index in [1.807, 2.05) is 0 Å². The number of aryl methyl sites for hydroxylation is 1. The fourth-order valence-electron chi connectivity index (χ4n) is 4.21. The molecule has 0 spiro atoms. The monoisotopic (exact) mass is 337 g/mol. The van der Waals surface area contributed by atoms with E-state index in [9.17, 15) is 5.11 Å². The number of hydrogen-bond acceptors (Lipinski definition) is 2. The molecule has 110 valence electrons. The first-order valence-corrected chi connectivity index (χ1v) is 8.71. The Kier molecular flexibility index (Phi) is 4.09. The lowest BCUT2D eigenvalue weighted by Gasteiger charge is -2.40. The molecule has 2 nitrogen and oxygen atoms in total. The molecule has 0 bridgehead atoms. The van der Waals surface area contributed by atoms with Gasteiger partial charge in [-0.15, -0.1) is 0 Å². The van der Waals surface area contributed by atoms with Crippen LogP contribution in [0, 0.1) is 0 Å². The minimum absolute atomic E-state index is 0.00748. The Balaban J connectivity index is 2.17. The van der Waals surface area contributed by atoms with Gasteiger partial charge in [0, 0.05) is 17.5 Å². The van der Waals surface area contributed by atoms with Crippen molar-refractivity contribution in [2.75, 3.05) is 6.54 Å². The third-order valence-electron chi connectivity index (χ3n) is 5.31. The lowest BCUT2D eigenvalue weighted by Crippen LogP contribution is -2.38. The number of benzene rings is 1. The number of halogens is 1. The van der Waals surface area contributed by atoms with Crippen molar-refractivity contribution in [3.63, 3.8) is 0 Å². The number of fused-ring (bicyclic) bond motifs is 1. The van der Waals surface area contributed by atoms with E-state index in [1.54, 1.807) is 0 Å². The summed E-state index contributed by atoms with van der Waals surface area (Å²) in [5.41, 5.74) is 10.2. The number of hydrogen-bond donors (Lipinski definition) is 2. The van der Waals surface area contributed by atoms with Crippen molar-refractivity contribution in [1.82, 2.24) is 0 Å². The Bertz CT molecular complexity index is 506. The lowest BCUT2D eigenvalue weighted by molar-refractivity contribution is 0.287. The van der Waals surface area contributed by atoms with E-state index < -0.39 is 0 Å². The van der Waals surface area contributed by atoms with Crippen LogP contribution in [-0.2, 0) is 18.3 Å². The summed E-state index contributed by atoms with van der Waals surface area (Å²) in [6, 6.07) is 2.13. The summed E-state index contributed by atoms with van der Waals surface area (Å²) >= 11 is 3.55. The van der Waals surface area contributed by atoms with E-state index in [0.29, 0.717) is 12.3 Å². The van der Waals surface area contributed by atoms with Gasteiger partial charge in [-0.2, -0.15) is 0 Å². The molecule has 0 unspecified atom stereocenters. The minimum Gasteiger partial charge on any atom is -0.506 e. The molecular formula is C17H24BrNO. The van der Waals surface area contributed by atoms with Crippen molar-refractivity contribution < 1.29 is 5.11 Å². The molecule has 1 aromatic carbocycles. The fourth-order valence-corrected chi connectivity index (χ4v) is 4.69. The molecule has 0 heterocycles. The maximum absolute atomic E-state index is 10.7. The molecule has 0 atom stereocenters. The third kappa shape index (κ3) is 2.29. The molecule has 0 aliphatic heterocycles. The molecule has 1 saturated carbocycles. The SMILES string of the molecule is NCC1(c2c(O)c(Br)cc3c2CCCC3)CCCCC1. The molecule has 3 N–H and O–H groups in total. The number of phenolic OH excluding ortho intramolecular Hbond substituents is 1. The molecule has 2 aliphatic rings. The highest BCUT2D eigenvalue weighted by Gasteiger charge is 2.38. The maximum Gasteiger partial charge on any atom is 0.133 e. The molecule has 2 aliphatic carbocycles. The maximum atomic E-state index is 10.7. The second-order valence-corrected chi connectivity index (χ2v) is 7.33. The highest BCUT2D eigenvalue weighted by molar-refractivity contribution is 9.10. The highest BCUT2D eigenvalue weighted by Crippen LogP contribution is 2.48. The van der Waals surface area contributed by atoms with Crippen LogP contribution in [0.25, 0.3) is 0 Å². The van der Waals surface area contributed by atoms with E-state index in [1.165, 1.54) is 48.8 Å². The van der Waals surface area contributed by atoms with Gasteiger partial charge in [0.1, 0.15) is 5.75 Å². The topological polar surface area (TPSA) is 46.2 Å². The Labute approximate surface area is 129 Å². The zero-order valence-electron chi connectivity index (χ0n) is 12.1. The molecule has 3 rings (SSSR count).